The Morgan fingerprint density at radius 3 is 2.25 bits per heavy atom. The highest BCUT2D eigenvalue weighted by Crippen LogP contribution is 2.35. The Balaban J connectivity index is 1.51. The third-order valence-corrected chi connectivity index (χ3v) is 3.43. The maximum Gasteiger partial charge on any atom is 0.231 e. The van der Waals surface area contributed by atoms with Gasteiger partial charge in [0.05, 0.1) is 0 Å². The molecule has 0 bridgehead atoms. The van der Waals surface area contributed by atoms with Crippen molar-refractivity contribution in [2.75, 3.05) is 17.4 Å². The minimum atomic E-state index is -0.284. The second-order valence-corrected chi connectivity index (χ2v) is 5.11. The van der Waals surface area contributed by atoms with Gasteiger partial charge in [-0.1, -0.05) is 0 Å². The van der Waals surface area contributed by atoms with E-state index in [9.17, 15) is 4.39 Å². The number of anilines is 4. The summed E-state index contributed by atoms with van der Waals surface area (Å²) < 4.78 is 23.6. The van der Waals surface area contributed by atoms with Crippen LogP contribution in [0.25, 0.3) is 0 Å². The van der Waals surface area contributed by atoms with Crippen LogP contribution in [0.1, 0.15) is 0 Å². The van der Waals surface area contributed by atoms with Crippen molar-refractivity contribution in [2.45, 2.75) is 0 Å². The normalized spacial score (nSPS) is 12.0. The van der Waals surface area contributed by atoms with Crippen LogP contribution >= 0.6 is 0 Å². The van der Waals surface area contributed by atoms with Crippen LogP contribution in [-0.2, 0) is 0 Å². The number of nitrogens with zero attached hydrogens (tertiary/aromatic N) is 2. The lowest BCUT2D eigenvalue weighted by atomic mass is 10.2. The molecule has 4 rings (SSSR count). The van der Waals surface area contributed by atoms with E-state index in [-0.39, 0.29) is 12.6 Å². The molecule has 0 amide bonds. The van der Waals surface area contributed by atoms with E-state index in [2.05, 4.69) is 20.6 Å². The first-order valence-electron chi connectivity index (χ1n) is 7.27. The molecule has 24 heavy (non-hydrogen) atoms. The van der Waals surface area contributed by atoms with Gasteiger partial charge in [-0.3, -0.25) is 0 Å². The van der Waals surface area contributed by atoms with Gasteiger partial charge in [-0.2, -0.15) is 0 Å². The minimum Gasteiger partial charge on any atom is -0.454 e. The number of rotatable bonds is 4. The van der Waals surface area contributed by atoms with Gasteiger partial charge in [0.2, 0.25) is 6.79 Å². The van der Waals surface area contributed by atoms with E-state index in [1.165, 1.54) is 18.5 Å². The summed E-state index contributed by atoms with van der Waals surface area (Å²) >= 11 is 0. The van der Waals surface area contributed by atoms with Crippen molar-refractivity contribution < 1.29 is 13.9 Å². The van der Waals surface area contributed by atoms with Crippen molar-refractivity contribution in [2.24, 2.45) is 0 Å². The molecule has 0 atom stereocenters. The molecule has 0 fully saturated rings. The van der Waals surface area contributed by atoms with Gasteiger partial charge in [0.25, 0.3) is 0 Å². The zero-order valence-electron chi connectivity index (χ0n) is 12.5. The van der Waals surface area contributed by atoms with Crippen LogP contribution in [0.2, 0.25) is 0 Å². The molecule has 120 valence electrons. The van der Waals surface area contributed by atoms with Gasteiger partial charge in [-0.15, -0.1) is 0 Å². The van der Waals surface area contributed by atoms with Gasteiger partial charge < -0.3 is 20.1 Å². The molecule has 2 heterocycles. The third-order valence-electron chi connectivity index (χ3n) is 3.43. The molecule has 3 aromatic rings. The summed E-state index contributed by atoms with van der Waals surface area (Å²) in [5.74, 6) is 2.35. The van der Waals surface area contributed by atoms with Gasteiger partial charge in [0.15, 0.2) is 11.5 Å². The topological polar surface area (TPSA) is 68.3 Å². The number of nitrogens with one attached hydrogen (secondary N) is 2. The molecule has 1 aliphatic rings. The Labute approximate surface area is 137 Å². The van der Waals surface area contributed by atoms with Crippen LogP contribution in [0.3, 0.4) is 0 Å². The Bertz CT molecular complexity index is 871. The summed E-state index contributed by atoms with van der Waals surface area (Å²) in [5, 5.41) is 6.28. The molecule has 0 spiro atoms. The van der Waals surface area contributed by atoms with Crippen LogP contribution in [0, 0.1) is 5.82 Å². The average molecular weight is 324 g/mol. The molecule has 0 aliphatic carbocycles. The summed E-state index contributed by atoms with van der Waals surface area (Å²) in [6, 6.07) is 13.4. The average Bonchev–Trinajstić information content (AvgIpc) is 3.05. The molecule has 1 aromatic heterocycles. The van der Waals surface area contributed by atoms with Crippen molar-refractivity contribution in [3.63, 3.8) is 0 Å². The first kappa shape index (κ1) is 14.3. The number of ether oxygens (including phenoxy) is 2. The number of halogens is 1. The van der Waals surface area contributed by atoms with Crippen LogP contribution in [0.5, 0.6) is 11.5 Å². The first-order chi connectivity index (χ1) is 11.8. The number of hydrogen-bond acceptors (Lipinski definition) is 6. The Kier molecular flexibility index (Phi) is 3.59. The van der Waals surface area contributed by atoms with Crippen LogP contribution < -0.4 is 20.1 Å². The third kappa shape index (κ3) is 3.05. The molecule has 0 saturated carbocycles. The molecule has 2 N–H and O–H groups in total. The van der Waals surface area contributed by atoms with E-state index >= 15 is 0 Å². The lowest BCUT2D eigenvalue weighted by Gasteiger charge is -2.09. The molecule has 0 unspecified atom stereocenters. The summed E-state index contributed by atoms with van der Waals surface area (Å²) in [7, 11) is 0. The van der Waals surface area contributed by atoms with E-state index in [1.54, 1.807) is 18.2 Å². The lowest BCUT2D eigenvalue weighted by molar-refractivity contribution is 0.174. The van der Waals surface area contributed by atoms with E-state index in [4.69, 9.17) is 9.47 Å². The fraction of sp³-hybridized carbons (Fsp3) is 0.0588. The second kappa shape index (κ2) is 6.04. The summed E-state index contributed by atoms with van der Waals surface area (Å²) in [4.78, 5) is 8.35. The molecular formula is C17H13FN4O2. The van der Waals surface area contributed by atoms with Crippen molar-refractivity contribution in [3.05, 3.63) is 60.7 Å². The molecule has 2 aromatic carbocycles. The zero-order valence-corrected chi connectivity index (χ0v) is 12.5. The van der Waals surface area contributed by atoms with Gasteiger partial charge in [0, 0.05) is 23.5 Å². The quantitative estimate of drug-likeness (QED) is 0.760. The van der Waals surface area contributed by atoms with E-state index in [0.29, 0.717) is 17.4 Å². The fourth-order valence-corrected chi connectivity index (χ4v) is 2.30. The SMILES string of the molecule is Fc1ccc(Nc2cc(Nc3ccc4c(c3)OCO4)ncn2)cc1. The monoisotopic (exact) mass is 324 g/mol. The molecule has 1 aliphatic heterocycles. The number of hydrogen-bond donors (Lipinski definition) is 2. The zero-order chi connectivity index (χ0) is 16.4. The van der Waals surface area contributed by atoms with Crippen LogP contribution in [0.4, 0.5) is 27.4 Å². The van der Waals surface area contributed by atoms with Crippen molar-refractivity contribution in [1.82, 2.24) is 9.97 Å². The van der Waals surface area contributed by atoms with Crippen molar-refractivity contribution in [1.29, 1.82) is 0 Å². The molecule has 7 heteroatoms. The number of benzene rings is 2. The van der Waals surface area contributed by atoms with Gasteiger partial charge >= 0.3 is 0 Å². The van der Waals surface area contributed by atoms with Gasteiger partial charge in [0.1, 0.15) is 23.8 Å². The van der Waals surface area contributed by atoms with Gasteiger partial charge in [-0.05, 0) is 36.4 Å². The summed E-state index contributed by atoms with van der Waals surface area (Å²) in [6.07, 6.45) is 1.45. The fourth-order valence-electron chi connectivity index (χ4n) is 2.30. The number of aromatic nitrogens is 2. The molecule has 6 nitrogen and oxygen atoms in total. The number of fused-ring (bicyclic) bond motifs is 1. The Hall–Kier alpha value is -3.35. The van der Waals surface area contributed by atoms with E-state index in [1.807, 2.05) is 18.2 Å². The molecule has 0 radical (unpaired) electrons. The highest BCUT2D eigenvalue weighted by molar-refractivity contribution is 5.65. The smallest absolute Gasteiger partial charge is 0.231 e. The second-order valence-electron chi connectivity index (χ2n) is 5.11. The summed E-state index contributed by atoms with van der Waals surface area (Å²) in [5.41, 5.74) is 1.56. The van der Waals surface area contributed by atoms with Crippen molar-refractivity contribution >= 4 is 23.0 Å². The summed E-state index contributed by atoms with van der Waals surface area (Å²) in [6.45, 7) is 0.234. The van der Waals surface area contributed by atoms with Crippen LogP contribution in [-0.4, -0.2) is 16.8 Å². The van der Waals surface area contributed by atoms with Gasteiger partial charge in [-0.25, -0.2) is 14.4 Å². The predicted molar refractivity (Wildman–Crippen MR) is 87.6 cm³/mol. The maximum absolute atomic E-state index is 12.9. The lowest BCUT2D eigenvalue weighted by Crippen LogP contribution is -1.98. The minimum absolute atomic E-state index is 0.234. The largest absolute Gasteiger partial charge is 0.454 e. The maximum atomic E-state index is 12.9. The van der Waals surface area contributed by atoms with E-state index in [0.717, 1.165) is 17.1 Å². The Morgan fingerprint density at radius 1 is 0.792 bits per heavy atom. The molecule has 0 saturated heterocycles. The van der Waals surface area contributed by atoms with E-state index < -0.39 is 0 Å². The molecular weight excluding hydrogens is 311 g/mol. The standard InChI is InChI=1S/C17H13FN4O2/c18-11-1-3-12(4-2-11)21-16-8-17(20-9-19-16)22-13-5-6-14-15(7-13)24-10-23-14/h1-9H,10H2,(H2,19,20,21,22). The highest BCUT2D eigenvalue weighted by atomic mass is 19.1. The highest BCUT2D eigenvalue weighted by Gasteiger charge is 2.13. The predicted octanol–water partition coefficient (Wildman–Crippen LogP) is 3.83. The van der Waals surface area contributed by atoms with Crippen LogP contribution in [0.15, 0.2) is 54.9 Å². The van der Waals surface area contributed by atoms with Crippen molar-refractivity contribution in [3.8, 4) is 11.5 Å². The Morgan fingerprint density at radius 2 is 1.46 bits per heavy atom. The first-order valence-corrected chi connectivity index (χ1v) is 7.27.